The third kappa shape index (κ3) is 6.30. The minimum absolute atomic E-state index is 0.00120. The Balaban J connectivity index is 3.03. The van der Waals surface area contributed by atoms with Crippen LogP contribution in [0.1, 0.15) is 45.2 Å². The lowest BCUT2D eigenvalue weighted by Crippen LogP contribution is -2.45. The van der Waals surface area contributed by atoms with Gasteiger partial charge in [0.05, 0.1) is 0 Å². The molecule has 1 aromatic rings. The van der Waals surface area contributed by atoms with Gasteiger partial charge in [0.15, 0.2) is 0 Å². The van der Waals surface area contributed by atoms with E-state index in [1.807, 2.05) is 45.9 Å². The van der Waals surface area contributed by atoms with Gasteiger partial charge in [0.25, 0.3) is 0 Å². The van der Waals surface area contributed by atoms with Crippen molar-refractivity contribution < 1.29 is 5.11 Å². The van der Waals surface area contributed by atoms with Crippen LogP contribution in [0.3, 0.4) is 0 Å². The Morgan fingerprint density at radius 1 is 1.18 bits per heavy atom. The topological polar surface area (TPSA) is 144 Å². The van der Waals surface area contributed by atoms with Crippen LogP contribution in [0.4, 0.5) is 0 Å². The predicted molar refractivity (Wildman–Crippen MR) is 113 cm³/mol. The van der Waals surface area contributed by atoms with E-state index < -0.39 is 11.0 Å². The summed E-state index contributed by atoms with van der Waals surface area (Å²) in [5.74, 6) is 0.130. The summed E-state index contributed by atoms with van der Waals surface area (Å²) < 4.78 is 0. The lowest BCUT2D eigenvalue weighted by Gasteiger charge is -2.36. The summed E-state index contributed by atoms with van der Waals surface area (Å²) in [6, 6.07) is 5.75. The first-order valence-electron chi connectivity index (χ1n) is 9.31. The first-order chi connectivity index (χ1) is 13.1. The standard InChI is InChI=1S/C19H30ClN7O/c1-13(2)16(10-28)19(4,21)15-6-5-14(17(20)9-15)7-8-18(3,11-24-26-22)12-25-27-23/h5-6,9,13,16,28H,7-8,10-12,21H2,1-4H3/t16?,19-/m0/s1. The zero-order chi connectivity index (χ0) is 21.4. The van der Waals surface area contributed by atoms with Crippen LogP contribution in [-0.4, -0.2) is 24.8 Å². The second kappa shape index (κ2) is 10.6. The van der Waals surface area contributed by atoms with Crippen molar-refractivity contribution in [2.75, 3.05) is 19.7 Å². The van der Waals surface area contributed by atoms with Gasteiger partial charge in [0.2, 0.25) is 0 Å². The number of rotatable bonds is 11. The molecule has 9 heteroatoms. The number of aliphatic hydroxyl groups is 1. The highest BCUT2D eigenvalue weighted by Gasteiger charge is 2.34. The largest absolute Gasteiger partial charge is 0.396 e. The van der Waals surface area contributed by atoms with Crippen molar-refractivity contribution in [2.45, 2.75) is 46.1 Å². The quantitative estimate of drug-likeness (QED) is 0.290. The van der Waals surface area contributed by atoms with Crippen molar-refractivity contribution in [2.24, 2.45) is 33.2 Å². The highest BCUT2D eigenvalue weighted by Crippen LogP contribution is 2.35. The third-order valence-corrected chi connectivity index (χ3v) is 5.83. The van der Waals surface area contributed by atoms with Crippen molar-refractivity contribution in [3.63, 3.8) is 0 Å². The fraction of sp³-hybridized carbons (Fsp3) is 0.684. The molecular formula is C19H30ClN7O. The Kier molecular flexibility index (Phi) is 9.08. The fourth-order valence-corrected chi connectivity index (χ4v) is 3.72. The SMILES string of the molecule is CC(C)C(CO)[C@@](C)(N)c1ccc(CCC(C)(CN=[N+]=[N-])CN=[N+]=[N-])c(Cl)c1. The molecule has 0 saturated heterocycles. The third-order valence-electron chi connectivity index (χ3n) is 5.48. The number of nitrogens with two attached hydrogens (primary N) is 1. The number of azide groups is 2. The van der Waals surface area contributed by atoms with Crippen LogP contribution in [0.2, 0.25) is 5.02 Å². The first-order valence-corrected chi connectivity index (χ1v) is 9.69. The molecule has 1 aromatic carbocycles. The molecule has 0 radical (unpaired) electrons. The fourth-order valence-electron chi connectivity index (χ4n) is 3.44. The zero-order valence-electron chi connectivity index (χ0n) is 17.0. The van der Waals surface area contributed by atoms with E-state index in [-0.39, 0.29) is 31.5 Å². The molecule has 1 rings (SSSR count). The molecule has 3 N–H and O–H groups in total. The average Bonchev–Trinajstić information content (AvgIpc) is 2.64. The van der Waals surface area contributed by atoms with Crippen molar-refractivity contribution in [1.82, 2.24) is 0 Å². The summed E-state index contributed by atoms with van der Waals surface area (Å²) >= 11 is 6.52. The minimum atomic E-state index is -0.706. The van der Waals surface area contributed by atoms with Gasteiger partial charge in [0.1, 0.15) is 0 Å². The number of aliphatic hydroxyl groups excluding tert-OH is 1. The van der Waals surface area contributed by atoms with E-state index >= 15 is 0 Å². The van der Waals surface area contributed by atoms with Gasteiger partial charge in [-0.1, -0.05) is 54.7 Å². The van der Waals surface area contributed by atoms with E-state index in [0.29, 0.717) is 17.9 Å². The van der Waals surface area contributed by atoms with Crippen molar-refractivity contribution in [3.8, 4) is 0 Å². The Bertz CT molecular complexity index is 733. The van der Waals surface area contributed by atoms with E-state index in [2.05, 4.69) is 20.1 Å². The molecule has 28 heavy (non-hydrogen) atoms. The first kappa shape index (κ1) is 24.1. The molecular weight excluding hydrogens is 378 g/mol. The Morgan fingerprint density at radius 2 is 1.75 bits per heavy atom. The molecule has 154 valence electrons. The summed E-state index contributed by atoms with van der Waals surface area (Å²) in [4.78, 5) is 5.62. The molecule has 0 amide bonds. The lowest BCUT2D eigenvalue weighted by atomic mass is 9.74. The number of aryl methyl sites for hydroxylation is 1. The van der Waals surface area contributed by atoms with Gasteiger partial charge in [-0.15, -0.1) is 0 Å². The average molecular weight is 408 g/mol. The normalized spacial score (nSPS) is 16.4. The van der Waals surface area contributed by atoms with Gasteiger partial charge >= 0.3 is 0 Å². The number of benzene rings is 1. The molecule has 0 heterocycles. The molecule has 0 aliphatic carbocycles. The van der Waals surface area contributed by atoms with Gasteiger partial charge in [-0.2, -0.15) is 0 Å². The van der Waals surface area contributed by atoms with E-state index in [1.165, 1.54) is 0 Å². The second-order valence-corrected chi connectivity index (χ2v) is 8.62. The molecule has 0 saturated carbocycles. The molecule has 0 aromatic heterocycles. The van der Waals surface area contributed by atoms with Crippen LogP contribution >= 0.6 is 11.6 Å². The maximum absolute atomic E-state index is 9.75. The van der Waals surface area contributed by atoms with Gasteiger partial charge < -0.3 is 10.8 Å². The van der Waals surface area contributed by atoms with E-state index in [0.717, 1.165) is 11.1 Å². The summed E-state index contributed by atoms with van der Waals surface area (Å²) in [6.45, 7) is 8.39. The molecule has 8 nitrogen and oxygen atoms in total. The van der Waals surface area contributed by atoms with Crippen LogP contribution < -0.4 is 5.73 Å². The predicted octanol–water partition coefficient (Wildman–Crippen LogP) is 5.34. The van der Waals surface area contributed by atoms with Crippen molar-refractivity contribution in [1.29, 1.82) is 0 Å². The Morgan fingerprint density at radius 3 is 2.18 bits per heavy atom. The summed E-state index contributed by atoms with van der Waals surface area (Å²) in [7, 11) is 0. The molecule has 2 atom stereocenters. The highest BCUT2D eigenvalue weighted by molar-refractivity contribution is 6.31. The Hall–Kier alpha value is -1.95. The monoisotopic (exact) mass is 407 g/mol. The smallest absolute Gasteiger partial charge is 0.0482 e. The minimum Gasteiger partial charge on any atom is -0.396 e. The van der Waals surface area contributed by atoms with Crippen LogP contribution in [0, 0.1) is 17.3 Å². The van der Waals surface area contributed by atoms with Crippen LogP contribution in [0.5, 0.6) is 0 Å². The molecule has 1 unspecified atom stereocenters. The van der Waals surface area contributed by atoms with E-state index in [1.54, 1.807) is 0 Å². The van der Waals surface area contributed by atoms with Crippen LogP contribution in [-0.2, 0) is 12.0 Å². The summed E-state index contributed by atoms with van der Waals surface area (Å²) in [5.41, 5.74) is 24.4. The molecule has 0 fully saturated rings. The number of nitrogens with zero attached hydrogens (tertiary/aromatic N) is 6. The molecule has 0 aliphatic heterocycles. The molecule has 0 bridgehead atoms. The van der Waals surface area contributed by atoms with Crippen LogP contribution in [0.15, 0.2) is 28.4 Å². The molecule has 0 spiro atoms. The van der Waals surface area contributed by atoms with E-state index in [9.17, 15) is 5.11 Å². The Labute approximate surface area is 171 Å². The van der Waals surface area contributed by atoms with Gasteiger partial charge in [-0.25, -0.2) is 0 Å². The van der Waals surface area contributed by atoms with Crippen molar-refractivity contribution >= 4 is 11.6 Å². The maximum atomic E-state index is 9.75. The number of hydrogen-bond donors (Lipinski definition) is 2. The lowest BCUT2D eigenvalue weighted by molar-refractivity contribution is 0.120. The summed E-state index contributed by atoms with van der Waals surface area (Å²) in [6.07, 6.45) is 1.29. The molecule has 0 aliphatic rings. The van der Waals surface area contributed by atoms with E-state index in [4.69, 9.17) is 28.4 Å². The van der Waals surface area contributed by atoms with Gasteiger partial charge in [0, 0.05) is 46.0 Å². The second-order valence-electron chi connectivity index (χ2n) is 8.21. The summed E-state index contributed by atoms with van der Waals surface area (Å²) in [5, 5.41) is 17.6. The zero-order valence-corrected chi connectivity index (χ0v) is 17.8. The highest BCUT2D eigenvalue weighted by atomic mass is 35.5. The maximum Gasteiger partial charge on any atom is 0.0482 e. The number of halogens is 1. The van der Waals surface area contributed by atoms with Crippen LogP contribution in [0.25, 0.3) is 20.9 Å². The van der Waals surface area contributed by atoms with Gasteiger partial charge in [-0.05, 0) is 59.4 Å². The van der Waals surface area contributed by atoms with Gasteiger partial charge in [-0.3, -0.25) is 0 Å². The number of hydrogen-bond acceptors (Lipinski definition) is 4. The van der Waals surface area contributed by atoms with Crippen molar-refractivity contribution in [3.05, 3.63) is 55.2 Å².